The fourth-order valence-corrected chi connectivity index (χ4v) is 2.51. The molecule has 0 radical (unpaired) electrons. The van der Waals surface area contributed by atoms with Crippen LogP contribution < -0.4 is 15.4 Å². The molecule has 3 N–H and O–H groups in total. The normalized spacial score (nSPS) is 10.1. The van der Waals surface area contributed by atoms with Gasteiger partial charge in [-0.1, -0.05) is 17.7 Å². The van der Waals surface area contributed by atoms with Crippen LogP contribution in [0.1, 0.15) is 29.6 Å². The van der Waals surface area contributed by atoms with E-state index in [0.717, 1.165) is 0 Å². The SMILES string of the molecule is COc1ccc(Cl)cc1NC(=O)c1cccc(NC(=O)CCCC(=O)O)c1. The molecular formula is C19H19ClN2O5. The van der Waals surface area contributed by atoms with Gasteiger partial charge in [-0.2, -0.15) is 0 Å². The van der Waals surface area contributed by atoms with Gasteiger partial charge in [0.05, 0.1) is 12.8 Å². The van der Waals surface area contributed by atoms with Gasteiger partial charge in [0, 0.05) is 29.1 Å². The Bertz CT molecular complexity index is 854. The van der Waals surface area contributed by atoms with Gasteiger partial charge < -0.3 is 20.5 Å². The Hall–Kier alpha value is -3.06. The summed E-state index contributed by atoms with van der Waals surface area (Å²) in [4.78, 5) is 34.8. The largest absolute Gasteiger partial charge is 0.495 e. The number of anilines is 2. The van der Waals surface area contributed by atoms with Crippen LogP contribution in [0.2, 0.25) is 5.02 Å². The van der Waals surface area contributed by atoms with Crippen molar-refractivity contribution in [3.63, 3.8) is 0 Å². The number of carbonyl (C=O) groups excluding carboxylic acids is 2. The molecule has 2 amide bonds. The summed E-state index contributed by atoms with van der Waals surface area (Å²) in [6.07, 6.45) is 0.260. The molecule has 8 heteroatoms. The number of hydrogen-bond donors (Lipinski definition) is 3. The summed E-state index contributed by atoms with van der Waals surface area (Å²) < 4.78 is 5.20. The van der Waals surface area contributed by atoms with Crippen molar-refractivity contribution in [1.29, 1.82) is 0 Å². The second-order valence-corrected chi connectivity index (χ2v) is 6.11. The Morgan fingerprint density at radius 2 is 1.85 bits per heavy atom. The van der Waals surface area contributed by atoms with E-state index in [4.69, 9.17) is 21.4 Å². The van der Waals surface area contributed by atoms with Gasteiger partial charge in [-0.05, 0) is 42.8 Å². The number of aliphatic carboxylic acids is 1. The molecule has 2 aromatic carbocycles. The molecule has 0 fully saturated rings. The third-order valence-electron chi connectivity index (χ3n) is 3.61. The van der Waals surface area contributed by atoms with Crippen molar-refractivity contribution in [1.82, 2.24) is 0 Å². The van der Waals surface area contributed by atoms with E-state index >= 15 is 0 Å². The minimum absolute atomic E-state index is 0.0721. The molecule has 0 atom stereocenters. The summed E-state index contributed by atoms with van der Waals surface area (Å²) in [5.74, 6) is -1.18. The van der Waals surface area contributed by atoms with E-state index in [2.05, 4.69) is 10.6 Å². The van der Waals surface area contributed by atoms with Gasteiger partial charge in [-0.15, -0.1) is 0 Å². The highest BCUT2D eigenvalue weighted by Gasteiger charge is 2.12. The number of carbonyl (C=O) groups is 3. The smallest absolute Gasteiger partial charge is 0.303 e. The number of hydrogen-bond acceptors (Lipinski definition) is 4. The topological polar surface area (TPSA) is 105 Å². The molecule has 0 saturated carbocycles. The van der Waals surface area contributed by atoms with Crippen LogP contribution in [0, 0.1) is 0 Å². The van der Waals surface area contributed by atoms with Crippen LogP contribution in [0.4, 0.5) is 11.4 Å². The molecular weight excluding hydrogens is 372 g/mol. The lowest BCUT2D eigenvalue weighted by Crippen LogP contribution is -2.15. The van der Waals surface area contributed by atoms with Crippen LogP contribution in [0.15, 0.2) is 42.5 Å². The Balaban J connectivity index is 2.04. The van der Waals surface area contributed by atoms with Gasteiger partial charge in [0.15, 0.2) is 0 Å². The van der Waals surface area contributed by atoms with Crippen molar-refractivity contribution in [2.75, 3.05) is 17.7 Å². The average molecular weight is 391 g/mol. The zero-order valence-corrected chi connectivity index (χ0v) is 15.4. The Morgan fingerprint density at radius 1 is 1.07 bits per heavy atom. The monoisotopic (exact) mass is 390 g/mol. The van der Waals surface area contributed by atoms with Crippen LogP contribution in [0.5, 0.6) is 5.75 Å². The molecule has 0 bridgehead atoms. The highest BCUT2D eigenvalue weighted by Crippen LogP contribution is 2.28. The minimum atomic E-state index is -0.946. The molecule has 2 aromatic rings. The van der Waals surface area contributed by atoms with Crippen molar-refractivity contribution in [2.24, 2.45) is 0 Å². The number of nitrogens with one attached hydrogen (secondary N) is 2. The van der Waals surface area contributed by atoms with Gasteiger partial charge in [0.2, 0.25) is 5.91 Å². The van der Waals surface area contributed by atoms with E-state index in [1.54, 1.807) is 36.4 Å². The van der Waals surface area contributed by atoms with Crippen LogP contribution in [-0.4, -0.2) is 30.0 Å². The molecule has 27 heavy (non-hydrogen) atoms. The van der Waals surface area contributed by atoms with Crippen molar-refractivity contribution < 1.29 is 24.2 Å². The van der Waals surface area contributed by atoms with Gasteiger partial charge in [-0.25, -0.2) is 0 Å². The van der Waals surface area contributed by atoms with E-state index in [-0.39, 0.29) is 25.2 Å². The van der Waals surface area contributed by atoms with Gasteiger partial charge in [-0.3, -0.25) is 14.4 Å². The van der Waals surface area contributed by atoms with Crippen molar-refractivity contribution in [3.05, 3.63) is 53.1 Å². The first-order chi connectivity index (χ1) is 12.9. The highest BCUT2D eigenvalue weighted by molar-refractivity contribution is 6.31. The van der Waals surface area contributed by atoms with Crippen molar-refractivity contribution >= 4 is 40.8 Å². The van der Waals surface area contributed by atoms with Gasteiger partial charge in [0.1, 0.15) is 5.75 Å². The number of benzene rings is 2. The minimum Gasteiger partial charge on any atom is -0.495 e. The number of ether oxygens (including phenoxy) is 1. The fourth-order valence-electron chi connectivity index (χ4n) is 2.33. The Morgan fingerprint density at radius 3 is 2.56 bits per heavy atom. The van der Waals surface area contributed by atoms with E-state index in [9.17, 15) is 14.4 Å². The van der Waals surface area contributed by atoms with Crippen LogP contribution in [0.25, 0.3) is 0 Å². The first-order valence-electron chi connectivity index (χ1n) is 8.15. The summed E-state index contributed by atoms with van der Waals surface area (Å²) in [6.45, 7) is 0. The van der Waals surface area contributed by atoms with Crippen LogP contribution >= 0.6 is 11.6 Å². The lowest BCUT2D eigenvalue weighted by atomic mass is 10.1. The highest BCUT2D eigenvalue weighted by atomic mass is 35.5. The van der Waals surface area contributed by atoms with E-state index in [1.807, 2.05) is 0 Å². The molecule has 7 nitrogen and oxygen atoms in total. The van der Waals surface area contributed by atoms with Crippen molar-refractivity contribution in [2.45, 2.75) is 19.3 Å². The molecule has 2 rings (SSSR count). The summed E-state index contributed by atoms with van der Waals surface area (Å²) in [7, 11) is 1.49. The number of methoxy groups -OCH3 is 1. The lowest BCUT2D eigenvalue weighted by molar-refractivity contribution is -0.137. The molecule has 0 aliphatic heterocycles. The molecule has 0 heterocycles. The maximum atomic E-state index is 12.5. The second kappa shape index (κ2) is 9.59. The van der Waals surface area contributed by atoms with Crippen LogP contribution in [-0.2, 0) is 9.59 Å². The predicted molar refractivity (Wildman–Crippen MR) is 103 cm³/mol. The zero-order chi connectivity index (χ0) is 19.8. The first-order valence-corrected chi connectivity index (χ1v) is 8.53. The Kier molecular flexibility index (Phi) is 7.19. The maximum Gasteiger partial charge on any atom is 0.303 e. The quantitative estimate of drug-likeness (QED) is 0.636. The van der Waals surface area contributed by atoms with Crippen LogP contribution in [0.3, 0.4) is 0 Å². The van der Waals surface area contributed by atoms with E-state index in [1.165, 1.54) is 13.2 Å². The maximum absolute atomic E-state index is 12.5. The van der Waals surface area contributed by atoms with E-state index in [0.29, 0.717) is 27.7 Å². The third-order valence-corrected chi connectivity index (χ3v) is 3.85. The lowest BCUT2D eigenvalue weighted by Gasteiger charge is -2.11. The standard InChI is InChI=1S/C19H19ClN2O5/c1-27-16-9-8-13(20)11-15(16)22-19(26)12-4-2-5-14(10-12)21-17(23)6-3-7-18(24)25/h2,4-5,8-11H,3,6-7H2,1H3,(H,21,23)(H,22,26)(H,24,25). The molecule has 0 aliphatic carbocycles. The van der Waals surface area contributed by atoms with Gasteiger partial charge >= 0.3 is 5.97 Å². The number of halogens is 1. The summed E-state index contributed by atoms with van der Waals surface area (Å²) >= 11 is 5.96. The predicted octanol–water partition coefficient (Wildman–Crippen LogP) is 3.79. The summed E-state index contributed by atoms with van der Waals surface area (Å²) in [5, 5.41) is 14.4. The molecule has 0 aromatic heterocycles. The summed E-state index contributed by atoms with van der Waals surface area (Å²) in [6, 6.07) is 11.3. The molecule has 142 valence electrons. The second-order valence-electron chi connectivity index (χ2n) is 5.68. The van der Waals surface area contributed by atoms with Gasteiger partial charge in [0.25, 0.3) is 5.91 Å². The molecule has 0 spiro atoms. The third kappa shape index (κ3) is 6.31. The van der Waals surface area contributed by atoms with Crippen molar-refractivity contribution in [3.8, 4) is 5.75 Å². The van der Waals surface area contributed by atoms with E-state index < -0.39 is 11.9 Å². The molecule has 0 aliphatic rings. The zero-order valence-electron chi connectivity index (χ0n) is 14.6. The summed E-state index contributed by atoms with van der Waals surface area (Å²) in [5.41, 5.74) is 1.21. The number of amides is 2. The first kappa shape index (κ1) is 20.3. The number of carboxylic acids is 1. The Labute approximate surface area is 161 Å². The number of carboxylic acid groups (broad SMARTS) is 1. The molecule has 0 saturated heterocycles. The fraction of sp³-hybridized carbons (Fsp3) is 0.211. The average Bonchev–Trinajstić information content (AvgIpc) is 2.61. The number of rotatable bonds is 8. The molecule has 0 unspecified atom stereocenters.